The Morgan fingerprint density at radius 1 is 1.56 bits per heavy atom. The minimum atomic E-state index is 0. The molecule has 0 saturated carbocycles. The summed E-state index contributed by atoms with van der Waals surface area (Å²) in [6.07, 6.45) is 2.87. The molecule has 0 radical (unpaired) electrons. The molecule has 0 amide bonds. The molecule has 1 rings (SSSR count). The van der Waals surface area contributed by atoms with Crippen LogP contribution >= 0.6 is 0 Å². The highest BCUT2D eigenvalue weighted by molar-refractivity contribution is 4.82. The number of hydrogen-bond acceptors (Lipinski definition) is 3. The molecule has 3 nitrogen and oxygen atoms in total. The van der Waals surface area contributed by atoms with Crippen molar-refractivity contribution >= 4 is 0 Å². The second-order valence-corrected chi connectivity index (χ2v) is 4.64. The van der Waals surface area contributed by atoms with Crippen LogP contribution in [0.5, 0.6) is 0 Å². The molecule has 1 aliphatic rings. The van der Waals surface area contributed by atoms with Crippen molar-refractivity contribution in [3.05, 3.63) is 12.7 Å². The van der Waals surface area contributed by atoms with Gasteiger partial charge < -0.3 is 10.5 Å². The molecule has 112 valence electrons. The molecular weight excluding hydrogens is 224 g/mol. The number of allylic oxidation sites excluding steroid dienone is 1. The minimum Gasteiger partial charge on any atom is -0.383 e. The predicted octanol–water partition coefficient (Wildman–Crippen LogP) is 3.15. The van der Waals surface area contributed by atoms with Crippen molar-refractivity contribution in [3.63, 3.8) is 0 Å². The Kier molecular flexibility index (Phi) is 14.5. The topological polar surface area (TPSA) is 38.5 Å². The predicted molar refractivity (Wildman–Crippen MR) is 84.0 cm³/mol. The summed E-state index contributed by atoms with van der Waals surface area (Å²) in [7, 11) is 1.76. The highest BCUT2D eigenvalue weighted by Crippen LogP contribution is 2.16. The molecule has 0 bridgehead atoms. The molecule has 2 N–H and O–H groups in total. The summed E-state index contributed by atoms with van der Waals surface area (Å²) in [5.74, 6) is 0.619. The lowest BCUT2D eigenvalue weighted by atomic mass is 9.94. The number of piperidine rings is 1. The summed E-state index contributed by atoms with van der Waals surface area (Å²) in [6, 6.07) is 0.922. The van der Waals surface area contributed by atoms with E-state index in [1.54, 1.807) is 13.2 Å². The fraction of sp³-hybridized carbons (Fsp3) is 0.867. The molecule has 18 heavy (non-hydrogen) atoms. The zero-order chi connectivity index (χ0) is 14.6. The average molecular weight is 260 g/mol. The zero-order valence-corrected chi connectivity index (χ0v) is 13.3. The largest absolute Gasteiger partial charge is 0.383 e. The van der Waals surface area contributed by atoms with Crippen LogP contribution in [0.4, 0.5) is 0 Å². The Balaban J connectivity index is -0.000000376. The van der Waals surface area contributed by atoms with Crippen molar-refractivity contribution in [2.45, 2.75) is 53.1 Å². The van der Waals surface area contributed by atoms with Crippen molar-refractivity contribution in [1.82, 2.24) is 4.90 Å². The number of hydrogen-bond donors (Lipinski definition) is 1. The third-order valence-electron chi connectivity index (χ3n) is 3.03. The molecule has 1 heterocycles. The van der Waals surface area contributed by atoms with Crippen molar-refractivity contribution in [2.75, 3.05) is 26.8 Å². The minimum absolute atomic E-state index is 0. The monoisotopic (exact) mass is 260 g/mol. The Bertz CT molecular complexity index is 191. The van der Waals surface area contributed by atoms with E-state index in [9.17, 15) is 0 Å². The summed E-state index contributed by atoms with van der Waals surface area (Å²) < 4.78 is 5.15. The van der Waals surface area contributed by atoms with Crippen LogP contribution in [0, 0.1) is 5.92 Å². The van der Waals surface area contributed by atoms with E-state index in [0.29, 0.717) is 18.0 Å². The van der Waals surface area contributed by atoms with E-state index in [1.807, 2.05) is 20.8 Å². The van der Waals surface area contributed by atoms with Gasteiger partial charge in [-0.15, -0.1) is 6.58 Å². The van der Waals surface area contributed by atoms with Crippen LogP contribution in [0.15, 0.2) is 12.7 Å². The highest BCUT2D eigenvalue weighted by atomic mass is 16.5. The first-order chi connectivity index (χ1) is 8.56. The van der Waals surface area contributed by atoms with E-state index in [4.69, 9.17) is 10.5 Å². The molecule has 3 atom stereocenters. The second-order valence-electron chi connectivity index (χ2n) is 4.64. The quantitative estimate of drug-likeness (QED) is 0.792. The van der Waals surface area contributed by atoms with Gasteiger partial charge in [0, 0.05) is 33.7 Å². The first kappa shape index (κ1) is 19.9. The maximum Gasteiger partial charge on any atom is 0.0615 e. The highest BCUT2D eigenvalue weighted by Gasteiger charge is 2.25. The Hall–Kier alpha value is -0.380. The van der Waals surface area contributed by atoms with E-state index in [2.05, 4.69) is 25.3 Å². The third kappa shape index (κ3) is 8.67. The maximum absolute atomic E-state index is 5.96. The third-order valence-corrected chi connectivity index (χ3v) is 3.03. The van der Waals surface area contributed by atoms with Gasteiger partial charge in [0.15, 0.2) is 0 Å². The van der Waals surface area contributed by atoms with Crippen LogP contribution in [0.25, 0.3) is 0 Å². The van der Waals surface area contributed by atoms with Crippen molar-refractivity contribution in [2.24, 2.45) is 11.7 Å². The number of methoxy groups -OCH3 is 1. The first-order valence-electron chi connectivity index (χ1n) is 7.12. The van der Waals surface area contributed by atoms with Crippen molar-refractivity contribution in [1.29, 1.82) is 0 Å². The smallest absolute Gasteiger partial charge is 0.0615 e. The molecule has 3 heteroatoms. The number of likely N-dealkylation sites (tertiary alicyclic amines) is 1. The number of nitrogens with zero attached hydrogens (tertiary/aromatic N) is 1. The van der Waals surface area contributed by atoms with Crippen LogP contribution in [-0.4, -0.2) is 43.8 Å². The van der Waals surface area contributed by atoms with E-state index in [-0.39, 0.29) is 1.43 Å². The molecular formula is C15H36N2O. The number of nitrogens with two attached hydrogens (primary N) is 1. The van der Waals surface area contributed by atoms with Crippen LogP contribution in [0.3, 0.4) is 0 Å². The lowest BCUT2D eigenvalue weighted by molar-refractivity contribution is 0.0650. The van der Waals surface area contributed by atoms with Gasteiger partial charge in [-0.2, -0.15) is 0 Å². The second kappa shape index (κ2) is 13.1. The van der Waals surface area contributed by atoms with E-state index < -0.39 is 0 Å². The van der Waals surface area contributed by atoms with E-state index >= 15 is 0 Å². The molecule has 0 spiro atoms. The molecule has 0 aromatic rings. The van der Waals surface area contributed by atoms with E-state index in [1.165, 1.54) is 0 Å². The van der Waals surface area contributed by atoms with Gasteiger partial charge in [0.1, 0.15) is 0 Å². The average Bonchev–Trinajstić information content (AvgIpc) is 2.36. The van der Waals surface area contributed by atoms with Gasteiger partial charge in [0.25, 0.3) is 0 Å². The number of rotatable bonds is 3. The zero-order valence-electron chi connectivity index (χ0n) is 13.3. The fourth-order valence-electron chi connectivity index (χ4n) is 1.94. The first-order valence-corrected chi connectivity index (χ1v) is 7.12. The van der Waals surface area contributed by atoms with Crippen molar-refractivity contribution in [3.8, 4) is 0 Å². The molecule has 3 unspecified atom stereocenters. The Morgan fingerprint density at radius 3 is 2.44 bits per heavy atom. The van der Waals surface area contributed by atoms with Gasteiger partial charge in [0.05, 0.1) is 6.61 Å². The Morgan fingerprint density at radius 2 is 2.06 bits per heavy atom. The molecule has 1 saturated heterocycles. The summed E-state index contributed by atoms with van der Waals surface area (Å²) in [5, 5.41) is 0. The molecule has 0 aromatic carbocycles. The van der Waals surface area contributed by atoms with Crippen LogP contribution < -0.4 is 5.73 Å². The fourth-order valence-corrected chi connectivity index (χ4v) is 1.94. The van der Waals surface area contributed by atoms with Gasteiger partial charge in [-0.1, -0.05) is 26.8 Å². The summed E-state index contributed by atoms with van der Waals surface area (Å²) >= 11 is 0. The molecule has 0 aromatic heterocycles. The summed E-state index contributed by atoms with van der Waals surface area (Å²) in [6.45, 7) is 16.8. The van der Waals surface area contributed by atoms with Gasteiger partial charge in [-0.25, -0.2) is 0 Å². The lowest BCUT2D eigenvalue weighted by Gasteiger charge is -2.38. The van der Waals surface area contributed by atoms with Crippen LogP contribution in [-0.2, 0) is 4.74 Å². The van der Waals surface area contributed by atoms with Gasteiger partial charge in [-0.05, 0) is 26.2 Å². The number of ether oxygens (including phenoxy) is 1. The molecule has 1 aliphatic heterocycles. The maximum atomic E-state index is 5.96. The van der Waals surface area contributed by atoms with Crippen LogP contribution in [0.2, 0.25) is 0 Å². The van der Waals surface area contributed by atoms with E-state index in [0.717, 1.165) is 26.1 Å². The SMILES string of the molecule is C=CC.CC.COCC(C)N1CCC(N)C(C)C1.[HH]. The van der Waals surface area contributed by atoms with Gasteiger partial charge in [0.2, 0.25) is 0 Å². The Labute approximate surface area is 116 Å². The molecule has 0 aliphatic carbocycles. The molecule has 1 fully saturated rings. The summed E-state index contributed by atoms with van der Waals surface area (Å²) in [4.78, 5) is 2.47. The van der Waals surface area contributed by atoms with Gasteiger partial charge in [-0.3, -0.25) is 4.90 Å². The van der Waals surface area contributed by atoms with Crippen molar-refractivity contribution < 1.29 is 6.16 Å². The summed E-state index contributed by atoms with van der Waals surface area (Å²) in [5.41, 5.74) is 5.96. The lowest BCUT2D eigenvalue weighted by Crippen LogP contribution is -2.50. The standard InChI is InChI=1S/C10H22N2O.C3H6.C2H6.H2/c1-8-6-12(5-4-10(8)11)9(2)7-13-3;1-3-2;1-2;/h8-10H,4-7,11H2,1-3H3;3H,1H2,2H3;1-2H3;1H. The van der Waals surface area contributed by atoms with Crippen LogP contribution in [0.1, 0.15) is 42.5 Å². The van der Waals surface area contributed by atoms with Gasteiger partial charge >= 0.3 is 0 Å². The normalized spacial score (nSPS) is 25.1.